The Balaban J connectivity index is 1.48. The minimum Gasteiger partial charge on any atom is -0.479 e. The van der Waals surface area contributed by atoms with Crippen LogP contribution in [0.5, 0.6) is 5.75 Å². The molecule has 4 aromatic rings. The molecule has 1 aliphatic rings. The molecule has 9 heteroatoms. The van der Waals surface area contributed by atoms with Crippen molar-refractivity contribution in [1.29, 1.82) is 0 Å². The van der Waals surface area contributed by atoms with Gasteiger partial charge < -0.3 is 10.1 Å². The number of Topliss-reactive ketones (excluding diaryl/α,β-unsaturated/α-hetero) is 1. The van der Waals surface area contributed by atoms with E-state index in [-0.39, 0.29) is 23.8 Å². The summed E-state index contributed by atoms with van der Waals surface area (Å²) in [6, 6.07) is 12.5. The first kappa shape index (κ1) is 20.6. The van der Waals surface area contributed by atoms with E-state index in [2.05, 4.69) is 26.2 Å². The minimum absolute atomic E-state index is 0.165. The number of fused-ring (bicyclic) bond motifs is 2. The molecule has 1 amide bonds. The Morgan fingerprint density at radius 3 is 2.78 bits per heavy atom. The Labute approximate surface area is 194 Å². The minimum atomic E-state index is -0.592. The molecule has 0 aliphatic carbocycles. The van der Waals surface area contributed by atoms with Gasteiger partial charge in [-0.25, -0.2) is 4.98 Å². The third-order valence-corrected chi connectivity index (χ3v) is 6.68. The number of halogens is 1. The van der Waals surface area contributed by atoms with Gasteiger partial charge in [-0.15, -0.1) is 11.3 Å². The Morgan fingerprint density at radius 1 is 1.22 bits per heavy atom. The third kappa shape index (κ3) is 3.63. The van der Waals surface area contributed by atoms with Gasteiger partial charge in [-0.3, -0.25) is 19.0 Å². The van der Waals surface area contributed by atoms with Gasteiger partial charge in [0.05, 0.1) is 23.9 Å². The van der Waals surface area contributed by atoms with Gasteiger partial charge in [-0.2, -0.15) is 0 Å². The van der Waals surface area contributed by atoms with E-state index in [9.17, 15) is 14.4 Å². The molecule has 1 atom stereocenters. The predicted octanol–water partition coefficient (Wildman–Crippen LogP) is 4.49. The zero-order valence-electron chi connectivity index (χ0n) is 16.8. The summed E-state index contributed by atoms with van der Waals surface area (Å²) in [5, 5.41) is 5.13. The van der Waals surface area contributed by atoms with Gasteiger partial charge >= 0.3 is 0 Å². The van der Waals surface area contributed by atoms with Crippen LogP contribution < -0.4 is 15.6 Å². The third-order valence-electron chi connectivity index (χ3n) is 5.26. The molecule has 5 rings (SSSR count). The number of ketones is 1. The summed E-state index contributed by atoms with van der Waals surface area (Å²) >= 11 is 4.81. The highest BCUT2D eigenvalue weighted by Gasteiger charge is 2.24. The first-order valence-corrected chi connectivity index (χ1v) is 11.5. The Bertz CT molecular complexity index is 1440. The van der Waals surface area contributed by atoms with Gasteiger partial charge in [0.1, 0.15) is 10.6 Å². The summed E-state index contributed by atoms with van der Waals surface area (Å²) in [6.45, 7) is 1.49. The second kappa shape index (κ2) is 7.99. The van der Waals surface area contributed by atoms with Crippen LogP contribution in [0.25, 0.3) is 21.3 Å². The molecule has 0 fully saturated rings. The lowest BCUT2D eigenvalue weighted by Crippen LogP contribution is -2.34. The predicted molar refractivity (Wildman–Crippen MR) is 127 cm³/mol. The van der Waals surface area contributed by atoms with Crippen LogP contribution in [-0.2, 0) is 11.3 Å². The van der Waals surface area contributed by atoms with Gasteiger partial charge in [-0.1, -0.05) is 28.1 Å². The molecule has 0 bridgehead atoms. The fraction of sp³-hybridized carbons (Fsp3) is 0.130. The molecular weight excluding hydrogens is 494 g/mol. The van der Waals surface area contributed by atoms with Crippen molar-refractivity contribution in [2.75, 3.05) is 5.32 Å². The summed E-state index contributed by atoms with van der Waals surface area (Å²) in [6.07, 6.45) is 0.807. The van der Waals surface area contributed by atoms with E-state index in [0.717, 1.165) is 15.6 Å². The molecular formula is C23H16BrN3O4S. The number of rotatable bonds is 4. The van der Waals surface area contributed by atoms with E-state index in [4.69, 9.17) is 4.74 Å². The molecule has 0 saturated carbocycles. The van der Waals surface area contributed by atoms with Crippen molar-refractivity contribution in [3.05, 3.63) is 74.6 Å². The number of hydrogen-bond donors (Lipinski definition) is 1. The van der Waals surface area contributed by atoms with E-state index in [1.807, 2.05) is 29.6 Å². The lowest BCUT2D eigenvalue weighted by atomic mass is 10.1. The van der Waals surface area contributed by atoms with Crippen LogP contribution >= 0.6 is 27.3 Å². The summed E-state index contributed by atoms with van der Waals surface area (Å²) < 4.78 is 7.79. The normalized spacial score (nSPS) is 15.2. The van der Waals surface area contributed by atoms with Crippen LogP contribution in [-0.4, -0.2) is 27.3 Å². The maximum Gasteiger partial charge on any atom is 0.265 e. The SMILES string of the molecule is CC1Oc2ccc(C(=O)Cn3cnc4scc(-c5ccc(Br)cc5)c4c3=O)cc2NC1=O. The van der Waals surface area contributed by atoms with E-state index in [1.54, 1.807) is 25.1 Å². The second-order valence-electron chi connectivity index (χ2n) is 7.40. The molecule has 0 saturated heterocycles. The monoisotopic (exact) mass is 509 g/mol. The van der Waals surface area contributed by atoms with Crippen LogP contribution in [0.3, 0.4) is 0 Å². The van der Waals surface area contributed by atoms with Crippen LogP contribution in [0.1, 0.15) is 17.3 Å². The molecule has 1 unspecified atom stereocenters. The van der Waals surface area contributed by atoms with Crippen LogP contribution in [0, 0.1) is 0 Å². The number of nitrogens with one attached hydrogen (secondary N) is 1. The first-order chi connectivity index (χ1) is 15.4. The molecule has 3 heterocycles. The van der Waals surface area contributed by atoms with E-state index in [0.29, 0.717) is 27.2 Å². The topological polar surface area (TPSA) is 90.3 Å². The van der Waals surface area contributed by atoms with Crippen molar-refractivity contribution in [1.82, 2.24) is 9.55 Å². The number of carbonyl (C=O) groups is 2. The number of aromatic nitrogens is 2. The smallest absolute Gasteiger partial charge is 0.265 e. The molecule has 1 N–H and O–H groups in total. The number of hydrogen-bond acceptors (Lipinski definition) is 6. The van der Waals surface area contributed by atoms with E-state index < -0.39 is 6.10 Å². The van der Waals surface area contributed by atoms with Crippen LogP contribution in [0.4, 0.5) is 5.69 Å². The molecule has 160 valence electrons. The van der Waals surface area contributed by atoms with Crippen molar-refractivity contribution in [3.63, 3.8) is 0 Å². The van der Waals surface area contributed by atoms with Gasteiger partial charge in [0, 0.05) is 21.0 Å². The average Bonchev–Trinajstić information content (AvgIpc) is 3.21. The van der Waals surface area contributed by atoms with E-state index in [1.165, 1.54) is 22.2 Å². The molecule has 0 spiro atoms. The largest absolute Gasteiger partial charge is 0.479 e. The lowest BCUT2D eigenvalue weighted by molar-refractivity contribution is -0.122. The van der Waals surface area contributed by atoms with Crippen molar-refractivity contribution in [2.45, 2.75) is 19.6 Å². The van der Waals surface area contributed by atoms with Crippen LogP contribution in [0.15, 0.2) is 63.4 Å². The number of carbonyl (C=O) groups excluding carboxylic acids is 2. The standard InChI is InChI=1S/C23H16BrN3O4S/c1-12-21(29)26-17-8-14(4-7-19(17)31-12)18(28)9-27-11-25-22-20(23(27)30)16(10-32-22)13-2-5-15(24)6-3-13/h2-8,10-12H,9H2,1H3,(H,26,29). The summed E-state index contributed by atoms with van der Waals surface area (Å²) in [5.41, 5.74) is 2.23. The maximum atomic E-state index is 13.2. The van der Waals surface area contributed by atoms with Crippen molar-refractivity contribution in [3.8, 4) is 16.9 Å². The first-order valence-electron chi connectivity index (χ1n) is 9.78. The highest BCUT2D eigenvalue weighted by Crippen LogP contribution is 2.32. The number of anilines is 1. The van der Waals surface area contributed by atoms with Crippen molar-refractivity contribution >= 4 is 54.9 Å². The lowest BCUT2D eigenvalue weighted by Gasteiger charge is -2.23. The summed E-state index contributed by atoms with van der Waals surface area (Å²) in [5.74, 6) is -0.0402. The Hall–Kier alpha value is -3.30. The zero-order valence-corrected chi connectivity index (χ0v) is 19.2. The fourth-order valence-corrected chi connectivity index (χ4v) is 4.72. The van der Waals surface area contributed by atoms with Crippen molar-refractivity contribution < 1.29 is 14.3 Å². The number of ether oxygens (including phenoxy) is 1. The molecule has 0 radical (unpaired) electrons. The molecule has 2 aromatic carbocycles. The van der Waals surface area contributed by atoms with Gasteiger partial charge in [0.15, 0.2) is 11.9 Å². The molecule has 2 aromatic heterocycles. The molecule has 7 nitrogen and oxygen atoms in total. The Morgan fingerprint density at radius 2 is 2.00 bits per heavy atom. The molecule has 32 heavy (non-hydrogen) atoms. The average molecular weight is 510 g/mol. The summed E-state index contributed by atoms with van der Waals surface area (Å²) in [4.78, 5) is 43.0. The second-order valence-corrected chi connectivity index (χ2v) is 9.17. The number of benzene rings is 2. The number of amides is 1. The zero-order chi connectivity index (χ0) is 22.4. The van der Waals surface area contributed by atoms with Gasteiger partial charge in [0.25, 0.3) is 11.5 Å². The van der Waals surface area contributed by atoms with Gasteiger partial charge in [-0.05, 0) is 42.8 Å². The quantitative estimate of drug-likeness (QED) is 0.409. The van der Waals surface area contributed by atoms with Crippen LogP contribution in [0.2, 0.25) is 0 Å². The maximum absolute atomic E-state index is 13.2. The highest BCUT2D eigenvalue weighted by atomic mass is 79.9. The number of thiophene rings is 1. The molecule has 1 aliphatic heterocycles. The van der Waals surface area contributed by atoms with Gasteiger partial charge in [0.2, 0.25) is 0 Å². The number of nitrogens with zero attached hydrogens (tertiary/aromatic N) is 2. The Kier molecular flexibility index (Phi) is 5.15. The van der Waals surface area contributed by atoms with E-state index >= 15 is 0 Å². The highest BCUT2D eigenvalue weighted by molar-refractivity contribution is 9.10. The van der Waals surface area contributed by atoms with Crippen molar-refractivity contribution in [2.24, 2.45) is 0 Å². The fourth-order valence-electron chi connectivity index (χ4n) is 3.55. The summed E-state index contributed by atoms with van der Waals surface area (Å²) in [7, 11) is 0.